The molecule has 0 saturated carbocycles. The lowest BCUT2D eigenvalue weighted by molar-refractivity contribution is 0.102. The van der Waals surface area contributed by atoms with E-state index in [0.717, 1.165) is 11.3 Å². The first-order valence-electron chi connectivity index (χ1n) is 9.89. The first kappa shape index (κ1) is 20.5. The number of aromatic nitrogens is 5. The lowest BCUT2D eigenvalue weighted by atomic mass is 9.92. The SMILES string of the molecule is CC(C)(C)c1cc(NC(=O)c2ccc(Cn3cncn3)cc2)n(-c2ccc(F)cc2)n1. The summed E-state index contributed by atoms with van der Waals surface area (Å²) in [6.07, 6.45) is 3.13. The van der Waals surface area contributed by atoms with Crippen molar-refractivity contribution < 1.29 is 9.18 Å². The van der Waals surface area contributed by atoms with Gasteiger partial charge in [-0.25, -0.2) is 18.7 Å². The lowest BCUT2D eigenvalue weighted by Crippen LogP contribution is -2.15. The summed E-state index contributed by atoms with van der Waals surface area (Å²) in [7, 11) is 0. The molecule has 2 aromatic carbocycles. The number of hydrogen-bond acceptors (Lipinski definition) is 4. The van der Waals surface area contributed by atoms with Gasteiger partial charge in [0.2, 0.25) is 0 Å². The van der Waals surface area contributed by atoms with Gasteiger partial charge in [0.15, 0.2) is 0 Å². The molecule has 0 unspecified atom stereocenters. The van der Waals surface area contributed by atoms with Crippen LogP contribution >= 0.6 is 0 Å². The van der Waals surface area contributed by atoms with Gasteiger partial charge in [0.1, 0.15) is 24.3 Å². The smallest absolute Gasteiger partial charge is 0.256 e. The summed E-state index contributed by atoms with van der Waals surface area (Å²) in [6, 6.07) is 15.1. The number of benzene rings is 2. The number of halogens is 1. The molecule has 1 N–H and O–H groups in total. The lowest BCUT2D eigenvalue weighted by Gasteiger charge is -2.14. The zero-order valence-electron chi connectivity index (χ0n) is 17.6. The van der Waals surface area contributed by atoms with Crippen molar-refractivity contribution in [3.8, 4) is 5.69 Å². The number of nitrogens with one attached hydrogen (secondary N) is 1. The van der Waals surface area contributed by atoms with E-state index in [1.165, 1.54) is 18.5 Å². The highest BCUT2D eigenvalue weighted by Gasteiger charge is 2.22. The highest BCUT2D eigenvalue weighted by molar-refractivity contribution is 6.04. The standard InChI is InChI=1S/C23H23FN6O/c1-23(2,3)20-12-21(30(28-20)19-10-8-18(24)9-11-19)27-22(31)17-6-4-16(5-7-17)13-29-15-25-14-26-29/h4-12,14-15H,13H2,1-3H3,(H,27,31). The topological polar surface area (TPSA) is 77.6 Å². The van der Waals surface area contributed by atoms with E-state index in [1.807, 2.05) is 39.0 Å². The zero-order chi connectivity index (χ0) is 22.0. The first-order valence-corrected chi connectivity index (χ1v) is 9.89. The molecule has 0 bridgehead atoms. The van der Waals surface area contributed by atoms with E-state index < -0.39 is 0 Å². The highest BCUT2D eigenvalue weighted by atomic mass is 19.1. The minimum atomic E-state index is -0.330. The molecule has 158 valence electrons. The van der Waals surface area contributed by atoms with Gasteiger partial charge >= 0.3 is 0 Å². The summed E-state index contributed by atoms with van der Waals surface area (Å²) in [6.45, 7) is 6.71. The van der Waals surface area contributed by atoms with Crippen LogP contribution in [0.4, 0.5) is 10.2 Å². The summed E-state index contributed by atoms with van der Waals surface area (Å²) in [4.78, 5) is 16.8. The number of rotatable bonds is 5. The van der Waals surface area contributed by atoms with E-state index in [4.69, 9.17) is 0 Å². The van der Waals surface area contributed by atoms with Crippen LogP contribution in [0.15, 0.2) is 67.3 Å². The third-order valence-corrected chi connectivity index (χ3v) is 4.82. The summed E-state index contributed by atoms with van der Waals surface area (Å²) in [5.74, 6) is -0.0622. The molecule has 0 atom stereocenters. The van der Waals surface area contributed by atoms with Crippen molar-refractivity contribution in [2.24, 2.45) is 0 Å². The fourth-order valence-electron chi connectivity index (χ4n) is 3.07. The van der Waals surface area contributed by atoms with Crippen molar-refractivity contribution in [2.45, 2.75) is 32.7 Å². The average Bonchev–Trinajstić information content (AvgIpc) is 3.39. The second-order valence-electron chi connectivity index (χ2n) is 8.30. The van der Waals surface area contributed by atoms with Crippen LogP contribution in [0, 0.1) is 5.82 Å². The number of anilines is 1. The predicted molar refractivity (Wildman–Crippen MR) is 116 cm³/mol. The zero-order valence-corrected chi connectivity index (χ0v) is 17.6. The van der Waals surface area contributed by atoms with Crippen LogP contribution in [0.25, 0.3) is 5.69 Å². The van der Waals surface area contributed by atoms with Crippen molar-refractivity contribution in [3.05, 3.63) is 89.9 Å². The maximum Gasteiger partial charge on any atom is 0.256 e. The second-order valence-corrected chi connectivity index (χ2v) is 8.30. The van der Waals surface area contributed by atoms with E-state index in [-0.39, 0.29) is 17.1 Å². The van der Waals surface area contributed by atoms with E-state index in [9.17, 15) is 9.18 Å². The number of amides is 1. The molecule has 4 rings (SSSR count). The van der Waals surface area contributed by atoms with Gasteiger partial charge in [0.05, 0.1) is 17.9 Å². The molecule has 0 fully saturated rings. The third-order valence-electron chi connectivity index (χ3n) is 4.82. The highest BCUT2D eigenvalue weighted by Crippen LogP contribution is 2.26. The van der Waals surface area contributed by atoms with Crippen LogP contribution in [0.1, 0.15) is 42.4 Å². The van der Waals surface area contributed by atoms with Gasteiger partial charge in [-0.15, -0.1) is 0 Å². The third kappa shape index (κ3) is 4.69. The molecule has 0 saturated heterocycles. The first-order chi connectivity index (χ1) is 14.8. The second kappa shape index (κ2) is 8.14. The Morgan fingerprint density at radius 1 is 1.06 bits per heavy atom. The summed E-state index contributed by atoms with van der Waals surface area (Å²) < 4.78 is 16.7. The van der Waals surface area contributed by atoms with E-state index in [2.05, 4.69) is 20.5 Å². The van der Waals surface area contributed by atoms with Crippen molar-refractivity contribution in [2.75, 3.05) is 5.32 Å². The van der Waals surface area contributed by atoms with E-state index in [0.29, 0.717) is 23.6 Å². The summed E-state index contributed by atoms with van der Waals surface area (Å²) >= 11 is 0. The Hall–Kier alpha value is -3.81. The van der Waals surface area contributed by atoms with Gasteiger partial charge in [-0.05, 0) is 42.0 Å². The fourth-order valence-corrected chi connectivity index (χ4v) is 3.07. The molecule has 2 aromatic heterocycles. The molecule has 0 radical (unpaired) electrons. The molecule has 0 spiro atoms. The van der Waals surface area contributed by atoms with E-state index >= 15 is 0 Å². The largest absolute Gasteiger partial charge is 0.306 e. The molecular formula is C23H23FN6O. The Bertz CT molecular complexity index is 1170. The Morgan fingerprint density at radius 3 is 2.39 bits per heavy atom. The minimum Gasteiger partial charge on any atom is -0.306 e. The Morgan fingerprint density at radius 2 is 1.77 bits per heavy atom. The Labute approximate surface area is 179 Å². The van der Waals surface area contributed by atoms with Gasteiger partial charge < -0.3 is 5.32 Å². The molecule has 8 heteroatoms. The van der Waals surface area contributed by atoms with Crippen molar-refractivity contribution >= 4 is 11.7 Å². The molecule has 0 aliphatic carbocycles. The van der Waals surface area contributed by atoms with Crippen LogP contribution in [-0.2, 0) is 12.0 Å². The maximum atomic E-state index is 13.4. The van der Waals surface area contributed by atoms with Crippen LogP contribution in [0.2, 0.25) is 0 Å². The fraction of sp³-hybridized carbons (Fsp3) is 0.217. The van der Waals surface area contributed by atoms with Gasteiger partial charge in [0, 0.05) is 17.0 Å². The Kier molecular flexibility index (Phi) is 5.37. The Balaban J connectivity index is 1.58. The maximum absolute atomic E-state index is 13.4. The van der Waals surface area contributed by atoms with Gasteiger partial charge in [-0.1, -0.05) is 32.9 Å². The number of nitrogens with zero attached hydrogens (tertiary/aromatic N) is 5. The van der Waals surface area contributed by atoms with Gasteiger partial charge in [-0.2, -0.15) is 10.2 Å². The predicted octanol–water partition coefficient (Wildman–Crippen LogP) is 4.20. The molecule has 4 aromatic rings. The van der Waals surface area contributed by atoms with Crippen molar-refractivity contribution in [3.63, 3.8) is 0 Å². The van der Waals surface area contributed by atoms with Gasteiger partial charge in [-0.3, -0.25) is 4.79 Å². The number of carbonyl (C=O) groups excluding carboxylic acids is 1. The minimum absolute atomic E-state index is 0.215. The molecule has 0 aliphatic heterocycles. The molecule has 1 amide bonds. The van der Waals surface area contributed by atoms with Gasteiger partial charge in [0.25, 0.3) is 5.91 Å². The van der Waals surface area contributed by atoms with E-state index in [1.54, 1.807) is 40.0 Å². The molecule has 31 heavy (non-hydrogen) atoms. The number of hydrogen-bond donors (Lipinski definition) is 1. The van der Waals surface area contributed by atoms with Crippen LogP contribution in [-0.4, -0.2) is 30.5 Å². The molecule has 7 nitrogen and oxygen atoms in total. The monoisotopic (exact) mass is 418 g/mol. The van der Waals surface area contributed by atoms with Crippen LogP contribution in [0.3, 0.4) is 0 Å². The summed E-state index contributed by atoms with van der Waals surface area (Å²) in [5, 5.41) is 11.7. The van der Waals surface area contributed by atoms with Crippen LogP contribution in [0.5, 0.6) is 0 Å². The van der Waals surface area contributed by atoms with Crippen molar-refractivity contribution in [1.29, 1.82) is 0 Å². The van der Waals surface area contributed by atoms with Crippen LogP contribution < -0.4 is 5.32 Å². The molecule has 0 aliphatic rings. The molecular weight excluding hydrogens is 395 g/mol. The number of carbonyl (C=O) groups is 1. The normalized spacial score (nSPS) is 11.5. The quantitative estimate of drug-likeness (QED) is 0.527. The van der Waals surface area contributed by atoms with Crippen molar-refractivity contribution in [1.82, 2.24) is 24.5 Å². The summed E-state index contributed by atoms with van der Waals surface area (Å²) in [5.41, 5.74) is 2.79. The average molecular weight is 418 g/mol. The molecule has 2 heterocycles.